The van der Waals surface area contributed by atoms with Crippen molar-refractivity contribution in [3.8, 4) is 0 Å². The molecule has 0 bridgehead atoms. The maximum atomic E-state index is 11.7. The molecule has 0 aliphatic carbocycles. The molecule has 2 atom stereocenters. The van der Waals surface area contributed by atoms with Crippen molar-refractivity contribution in [3.05, 3.63) is 0 Å². The summed E-state index contributed by atoms with van der Waals surface area (Å²) in [5.74, 6) is -0.930. The zero-order valence-corrected chi connectivity index (χ0v) is 28.2. The van der Waals surface area contributed by atoms with Crippen molar-refractivity contribution in [3.63, 3.8) is 0 Å². The number of hydrogen-bond acceptors (Lipinski definition) is 6. The smallest absolute Gasteiger partial charge is 0.320 e. The van der Waals surface area contributed by atoms with Gasteiger partial charge in [-0.3, -0.25) is 19.2 Å². The van der Waals surface area contributed by atoms with Gasteiger partial charge in [-0.1, -0.05) is 87.0 Å². The van der Waals surface area contributed by atoms with Crippen LogP contribution in [-0.4, -0.2) is 64.6 Å². The molecule has 2 unspecified atom stereocenters. The van der Waals surface area contributed by atoms with Crippen molar-refractivity contribution in [2.45, 2.75) is 144 Å². The van der Waals surface area contributed by atoms with Gasteiger partial charge in [-0.2, -0.15) is 11.8 Å². The average molecular weight is 608 g/mol. The highest BCUT2D eigenvalue weighted by Gasteiger charge is 2.16. The maximum absolute atomic E-state index is 11.7. The van der Waals surface area contributed by atoms with Gasteiger partial charge in [0.1, 0.15) is 6.04 Å². The zero-order chi connectivity index (χ0) is 32.3. The molecule has 0 aromatic carbocycles. The molecule has 0 saturated heterocycles. The highest BCUT2D eigenvalue weighted by molar-refractivity contribution is 7.99. The second-order valence-corrected chi connectivity index (χ2v) is 11.1. The van der Waals surface area contributed by atoms with E-state index in [2.05, 4.69) is 52.2 Å². The van der Waals surface area contributed by atoms with Gasteiger partial charge in [0.2, 0.25) is 11.8 Å². The number of carboxylic acid groups (broad SMARTS) is 2. The number of unbranched alkanes of at least 4 members (excludes halogenated alkanes) is 4. The summed E-state index contributed by atoms with van der Waals surface area (Å²) in [6.07, 6.45) is 11.9. The summed E-state index contributed by atoms with van der Waals surface area (Å²) in [7, 11) is 0. The third kappa shape index (κ3) is 42.8. The van der Waals surface area contributed by atoms with Gasteiger partial charge in [0.15, 0.2) is 0 Å². The molecule has 6 N–H and O–H groups in total. The van der Waals surface area contributed by atoms with Crippen LogP contribution < -0.4 is 16.4 Å². The van der Waals surface area contributed by atoms with Crippen molar-refractivity contribution in [2.75, 3.05) is 24.6 Å². The first-order valence-corrected chi connectivity index (χ1v) is 17.0. The minimum atomic E-state index is -1.01. The largest absolute Gasteiger partial charge is 0.481 e. The molecule has 10 heteroatoms. The van der Waals surface area contributed by atoms with E-state index in [1.54, 1.807) is 18.7 Å². The average Bonchev–Trinajstić information content (AvgIpc) is 2.96. The molecule has 0 aromatic rings. The summed E-state index contributed by atoms with van der Waals surface area (Å²) in [5, 5.41) is 23.2. The van der Waals surface area contributed by atoms with E-state index >= 15 is 0 Å². The second kappa shape index (κ2) is 38.2. The maximum Gasteiger partial charge on any atom is 0.320 e. The Balaban J connectivity index is -0.000000477. The van der Waals surface area contributed by atoms with Crippen molar-refractivity contribution in [1.82, 2.24) is 10.6 Å². The van der Waals surface area contributed by atoms with Crippen LogP contribution in [0.4, 0.5) is 0 Å². The summed E-state index contributed by atoms with van der Waals surface area (Å²) < 4.78 is 0. The normalized spacial score (nSPS) is 11.2. The van der Waals surface area contributed by atoms with Gasteiger partial charge in [0.25, 0.3) is 0 Å². The third-order valence-corrected chi connectivity index (χ3v) is 6.97. The molecular weight excluding hydrogens is 542 g/mol. The van der Waals surface area contributed by atoms with Crippen LogP contribution in [-0.2, 0) is 19.2 Å². The highest BCUT2D eigenvalue weighted by Crippen LogP contribution is 2.11. The molecule has 0 fully saturated rings. The number of rotatable bonds is 21. The van der Waals surface area contributed by atoms with Gasteiger partial charge < -0.3 is 26.6 Å². The second-order valence-electron chi connectivity index (χ2n) is 9.84. The Hall–Kier alpha value is -1.81. The highest BCUT2D eigenvalue weighted by atomic mass is 32.2. The zero-order valence-electron chi connectivity index (χ0n) is 27.4. The van der Waals surface area contributed by atoms with Gasteiger partial charge in [0, 0.05) is 31.7 Å². The number of carboxylic acids is 2. The first-order valence-electron chi connectivity index (χ1n) is 15.8. The quantitative estimate of drug-likeness (QED) is 0.0910. The Bertz CT molecular complexity index is 593. The molecule has 0 spiro atoms. The lowest BCUT2D eigenvalue weighted by atomic mass is 10.0. The molecule has 0 rings (SSSR count). The molecule has 0 aliphatic heterocycles. The van der Waals surface area contributed by atoms with Crippen LogP contribution in [0.5, 0.6) is 0 Å². The van der Waals surface area contributed by atoms with Crippen LogP contribution in [0, 0.1) is 5.92 Å². The Morgan fingerprint density at radius 2 is 1.12 bits per heavy atom. The van der Waals surface area contributed by atoms with E-state index < -0.39 is 23.9 Å². The minimum Gasteiger partial charge on any atom is -0.481 e. The molecule has 0 heterocycles. The van der Waals surface area contributed by atoms with Gasteiger partial charge >= 0.3 is 11.9 Å². The van der Waals surface area contributed by atoms with Gasteiger partial charge in [-0.05, 0) is 44.3 Å². The predicted molar refractivity (Wildman–Crippen MR) is 174 cm³/mol. The molecule has 9 nitrogen and oxygen atoms in total. The monoisotopic (exact) mass is 607 g/mol. The fraction of sp³-hybridized carbons (Fsp3) is 0.871. The van der Waals surface area contributed by atoms with Crippen LogP contribution in [0.2, 0.25) is 0 Å². The number of hydrogen-bond donors (Lipinski definition) is 5. The fourth-order valence-electron chi connectivity index (χ4n) is 2.52. The molecule has 246 valence electrons. The van der Waals surface area contributed by atoms with Gasteiger partial charge in [0.05, 0.1) is 5.92 Å². The van der Waals surface area contributed by atoms with E-state index in [4.69, 9.17) is 15.9 Å². The molecule has 0 saturated carbocycles. The van der Waals surface area contributed by atoms with Crippen molar-refractivity contribution in [1.29, 1.82) is 0 Å². The van der Waals surface area contributed by atoms with E-state index in [9.17, 15) is 19.2 Å². The van der Waals surface area contributed by atoms with Crippen LogP contribution in [0.3, 0.4) is 0 Å². The van der Waals surface area contributed by atoms with Crippen molar-refractivity contribution < 1.29 is 29.4 Å². The summed E-state index contributed by atoms with van der Waals surface area (Å²) in [5.41, 5.74) is 5.40. The number of carbonyl (C=O) groups excluding carboxylic acids is 2. The molecule has 0 aromatic heterocycles. The van der Waals surface area contributed by atoms with E-state index in [1.807, 2.05) is 0 Å². The Morgan fingerprint density at radius 1 is 0.634 bits per heavy atom. The van der Waals surface area contributed by atoms with E-state index in [0.29, 0.717) is 51.6 Å². The number of nitrogens with one attached hydrogen (secondary N) is 2. The standard InChI is InChI=1S/C19H35N3O6S.3C4H10/c1-2-14(18(25)26)8-9-17(24)22-11-13-29-12-5-7-16(23)21-10-4-3-6-15(20)19(27)28;3*1-3-4-2/h14-15H,2-13,20H2,1H3,(H,21,23)(H,22,24)(H,25,26)(H,27,28);3*3-4H2,1-2H3. The molecular formula is C31H65N3O6S. The van der Waals surface area contributed by atoms with Crippen molar-refractivity contribution >= 4 is 35.5 Å². The summed E-state index contributed by atoms with van der Waals surface area (Å²) in [4.78, 5) is 44.8. The van der Waals surface area contributed by atoms with E-state index in [0.717, 1.165) is 17.9 Å². The lowest BCUT2D eigenvalue weighted by Gasteiger charge is -2.09. The van der Waals surface area contributed by atoms with Crippen LogP contribution >= 0.6 is 11.8 Å². The Kier molecular flexibility index (Phi) is 43.0. The SMILES string of the molecule is CCC(CCC(=O)NCCSCCCC(=O)NCCCCC(N)C(=O)O)C(=O)O.CCCC.CCCC.CCCC. The van der Waals surface area contributed by atoms with Crippen LogP contribution in [0.15, 0.2) is 0 Å². The number of amides is 2. The molecule has 41 heavy (non-hydrogen) atoms. The fourth-order valence-corrected chi connectivity index (χ4v) is 3.32. The van der Waals surface area contributed by atoms with Gasteiger partial charge in [-0.25, -0.2) is 0 Å². The number of aliphatic carboxylic acids is 2. The first kappa shape index (κ1) is 46.2. The molecule has 0 radical (unpaired) electrons. The van der Waals surface area contributed by atoms with E-state index in [1.165, 1.54) is 38.5 Å². The summed E-state index contributed by atoms with van der Waals surface area (Å²) >= 11 is 1.65. The molecule has 0 aliphatic rings. The van der Waals surface area contributed by atoms with Crippen LogP contribution in [0.1, 0.15) is 138 Å². The first-order chi connectivity index (χ1) is 19.5. The topological polar surface area (TPSA) is 159 Å². The Morgan fingerprint density at radius 3 is 1.56 bits per heavy atom. The number of nitrogens with two attached hydrogens (primary N) is 1. The third-order valence-electron chi connectivity index (χ3n) is 5.90. The predicted octanol–water partition coefficient (Wildman–Crippen LogP) is 6.62. The van der Waals surface area contributed by atoms with Gasteiger partial charge in [-0.15, -0.1) is 0 Å². The number of carbonyl (C=O) groups is 4. The number of thioether (sulfide) groups is 1. The van der Waals surface area contributed by atoms with Crippen molar-refractivity contribution in [2.24, 2.45) is 11.7 Å². The Labute approximate surface area is 256 Å². The van der Waals surface area contributed by atoms with E-state index in [-0.39, 0.29) is 18.2 Å². The lowest BCUT2D eigenvalue weighted by Crippen LogP contribution is -2.30. The van der Waals surface area contributed by atoms with Crippen LogP contribution in [0.25, 0.3) is 0 Å². The molecule has 2 amide bonds. The minimum absolute atomic E-state index is 0.0228. The summed E-state index contributed by atoms with van der Waals surface area (Å²) in [6.45, 7) is 15.9. The summed E-state index contributed by atoms with van der Waals surface area (Å²) in [6, 6.07) is -0.842. The lowest BCUT2D eigenvalue weighted by molar-refractivity contribution is -0.142.